The number of fused-ring (bicyclic) bond motifs is 1. The number of amides is 1. The summed E-state index contributed by atoms with van der Waals surface area (Å²) in [4.78, 5) is 28.2. The van der Waals surface area contributed by atoms with Crippen molar-refractivity contribution in [1.82, 2.24) is 15.0 Å². The molecule has 3 rings (SSSR count). The van der Waals surface area contributed by atoms with Crippen LogP contribution in [0.1, 0.15) is 5.56 Å². The maximum absolute atomic E-state index is 12.5. The highest BCUT2D eigenvalue weighted by atomic mass is 16.1. The Hall–Kier alpha value is -3.09. The molecular formula is C18H22N6O. The van der Waals surface area contributed by atoms with Gasteiger partial charge in [-0.15, -0.1) is 0 Å². The standard InChI is InChI=1S/C18H22N6O/c1-23(2)17-15(11-20-18(22-17)24(3)4)21-16(25)9-12-10-19-14-8-6-5-7-13(12)14/h5-8,10-11,19H,9H2,1-4H3,(H,21,25). The summed E-state index contributed by atoms with van der Waals surface area (Å²) in [6, 6.07) is 7.94. The van der Waals surface area contributed by atoms with E-state index < -0.39 is 0 Å². The van der Waals surface area contributed by atoms with Crippen LogP contribution in [0, 0.1) is 0 Å². The number of H-pyrrole nitrogens is 1. The zero-order valence-electron chi connectivity index (χ0n) is 14.9. The van der Waals surface area contributed by atoms with Crippen molar-refractivity contribution >= 4 is 34.3 Å². The molecular weight excluding hydrogens is 316 g/mol. The molecule has 0 bridgehead atoms. The summed E-state index contributed by atoms with van der Waals surface area (Å²) in [5, 5.41) is 3.98. The third-order valence-electron chi connectivity index (χ3n) is 3.88. The molecule has 7 nitrogen and oxygen atoms in total. The lowest BCUT2D eigenvalue weighted by molar-refractivity contribution is -0.115. The van der Waals surface area contributed by atoms with Crippen molar-refractivity contribution in [3.8, 4) is 0 Å². The summed E-state index contributed by atoms with van der Waals surface area (Å²) in [5.41, 5.74) is 2.59. The molecule has 3 aromatic rings. The van der Waals surface area contributed by atoms with Gasteiger partial charge < -0.3 is 20.1 Å². The summed E-state index contributed by atoms with van der Waals surface area (Å²) in [6.07, 6.45) is 3.81. The highest BCUT2D eigenvalue weighted by molar-refractivity contribution is 5.97. The fourth-order valence-electron chi connectivity index (χ4n) is 2.65. The average Bonchev–Trinajstić information content (AvgIpc) is 2.98. The molecule has 1 amide bonds. The van der Waals surface area contributed by atoms with Gasteiger partial charge in [0.05, 0.1) is 12.6 Å². The molecule has 0 aliphatic rings. The Morgan fingerprint density at radius 1 is 1.16 bits per heavy atom. The Kier molecular flexibility index (Phi) is 4.56. The Morgan fingerprint density at radius 2 is 1.92 bits per heavy atom. The van der Waals surface area contributed by atoms with E-state index in [1.165, 1.54) is 0 Å². The fraction of sp³-hybridized carbons (Fsp3) is 0.278. The molecule has 25 heavy (non-hydrogen) atoms. The number of benzene rings is 1. The van der Waals surface area contributed by atoms with Gasteiger partial charge >= 0.3 is 0 Å². The van der Waals surface area contributed by atoms with Crippen LogP contribution in [0.3, 0.4) is 0 Å². The molecule has 7 heteroatoms. The van der Waals surface area contributed by atoms with Crippen LogP contribution >= 0.6 is 0 Å². The molecule has 0 fully saturated rings. The second-order valence-electron chi connectivity index (χ2n) is 6.28. The number of aromatic amines is 1. The predicted molar refractivity (Wildman–Crippen MR) is 101 cm³/mol. The van der Waals surface area contributed by atoms with Gasteiger partial charge in [0.25, 0.3) is 0 Å². The highest BCUT2D eigenvalue weighted by Crippen LogP contribution is 2.24. The third-order valence-corrected chi connectivity index (χ3v) is 3.88. The number of carbonyl (C=O) groups excluding carboxylic acids is 1. The van der Waals surface area contributed by atoms with E-state index in [4.69, 9.17) is 0 Å². The highest BCUT2D eigenvalue weighted by Gasteiger charge is 2.14. The SMILES string of the molecule is CN(C)c1ncc(NC(=O)Cc2c[nH]c3ccccc23)c(N(C)C)n1. The van der Waals surface area contributed by atoms with E-state index in [0.29, 0.717) is 17.5 Å². The second-order valence-corrected chi connectivity index (χ2v) is 6.28. The summed E-state index contributed by atoms with van der Waals surface area (Å²) < 4.78 is 0. The largest absolute Gasteiger partial charge is 0.361 e. The van der Waals surface area contributed by atoms with Crippen LogP contribution in [0.4, 0.5) is 17.5 Å². The number of hydrogen-bond donors (Lipinski definition) is 2. The normalized spacial score (nSPS) is 10.7. The van der Waals surface area contributed by atoms with Crippen molar-refractivity contribution in [3.05, 3.63) is 42.2 Å². The zero-order valence-corrected chi connectivity index (χ0v) is 14.9. The molecule has 0 aliphatic heterocycles. The predicted octanol–water partition coefficient (Wildman–Crippen LogP) is 2.27. The van der Waals surface area contributed by atoms with Gasteiger partial charge in [-0.05, 0) is 11.6 Å². The first-order valence-electron chi connectivity index (χ1n) is 8.02. The Morgan fingerprint density at radius 3 is 2.64 bits per heavy atom. The van der Waals surface area contributed by atoms with E-state index in [9.17, 15) is 4.79 Å². The second kappa shape index (κ2) is 6.80. The minimum atomic E-state index is -0.103. The van der Waals surface area contributed by atoms with Crippen LogP contribution in [-0.4, -0.2) is 49.0 Å². The first kappa shape index (κ1) is 16.8. The summed E-state index contributed by atoms with van der Waals surface area (Å²) in [6.45, 7) is 0. The molecule has 2 aromatic heterocycles. The number of carbonyl (C=O) groups is 1. The topological polar surface area (TPSA) is 77.2 Å². The number of anilines is 3. The van der Waals surface area contributed by atoms with E-state index in [-0.39, 0.29) is 12.3 Å². The summed E-state index contributed by atoms with van der Waals surface area (Å²) >= 11 is 0. The van der Waals surface area contributed by atoms with Crippen LogP contribution in [0.25, 0.3) is 10.9 Å². The molecule has 0 radical (unpaired) electrons. The van der Waals surface area contributed by atoms with E-state index in [2.05, 4.69) is 20.3 Å². The molecule has 2 heterocycles. The van der Waals surface area contributed by atoms with Crippen LogP contribution in [0.5, 0.6) is 0 Å². The first-order chi connectivity index (χ1) is 12.0. The van der Waals surface area contributed by atoms with Gasteiger partial charge in [-0.2, -0.15) is 4.98 Å². The average molecular weight is 338 g/mol. The maximum Gasteiger partial charge on any atom is 0.229 e. The molecule has 0 saturated heterocycles. The van der Waals surface area contributed by atoms with E-state index >= 15 is 0 Å². The monoisotopic (exact) mass is 338 g/mol. The molecule has 0 spiro atoms. The quantitative estimate of drug-likeness (QED) is 0.746. The van der Waals surface area contributed by atoms with Crippen molar-refractivity contribution in [2.45, 2.75) is 6.42 Å². The van der Waals surface area contributed by atoms with Gasteiger partial charge in [-0.1, -0.05) is 18.2 Å². The lowest BCUT2D eigenvalue weighted by atomic mass is 10.1. The van der Waals surface area contributed by atoms with Crippen LogP contribution in [-0.2, 0) is 11.2 Å². The summed E-state index contributed by atoms with van der Waals surface area (Å²) in [5.74, 6) is 1.17. The molecule has 130 valence electrons. The van der Waals surface area contributed by atoms with E-state index in [1.807, 2.05) is 68.5 Å². The van der Waals surface area contributed by atoms with Gasteiger partial charge in [0.2, 0.25) is 11.9 Å². The van der Waals surface area contributed by atoms with Gasteiger partial charge in [0.15, 0.2) is 5.82 Å². The van der Waals surface area contributed by atoms with Gasteiger partial charge in [-0.3, -0.25) is 4.79 Å². The van der Waals surface area contributed by atoms with Crippen LogP contribution in [0.15, 0.2) is 36.7 Å². The third kappa shape index (κ3) is 3.55. The molecule has 2 N–H and O–H groups in total. The minimum absolute atomic E-state index is 0.103. The van der Waals surface area contributed by atoms with Crippen LogP contribution in [0.2, 0.25) is 0 Å². The molecule has 0 saturated carbocycles. The van der Waals surface area contributed by atoms with Crippen molar-refractivity contribution in [1.29, 1.82) is 0 Å². The van der Waals surface area contributed by atoms with Crippen LogP contribution < -0.4 is 15.1 Å². The fourth-order valence-corrected chi connectivity index (χ4v) is 2.65. The van der Waals surface area contributed by atoms with Gasteiger partial charge in [0, 0.05) is 45.3 Å². The number of nitrogens with one attached hydrogen (secondary N) is 2. The van der Waals surface area contributed by atoms with E-state index in [0.717, 1.165) is 16.5 Å². The smallest absolute Gasteiger partial charge is 0.229 e. The Bertz CT molecular complexity index is 899. The van der Waals surface area contributed by atoms with Crippen molar-refractivity contribution in [2.24, 2.45) is 0 Å². The summed E-state index contributed by atoms with van der Waals surface area (Å²) in [7, 11) is 7.53. The van der Waals surface area contributed by atoms with Crippen molar-refractivity contribution < 1.29 is 4.79 Å². The van der Waals surface area contributed by atoms with Crippen molar-refractivity contribution in [2.75, 3.05) is 43.3 Å². The minimum Gasteiger partial charge on any atom is -0.361 e. The number of aromatic nitrogens is 3. The molecule has 1 aromatic carbocycles. The van der Waals surface area contributed by atoms with Crippen molar-refractivity contribution in [3.63, 3.8) is 0 Å². The lowest BCUT2D eigenvalue weighted by Gasteiger charge is -2.19. The molecule has 0 unspecified atom stereocenters. The number of nitrogens with zero attached hydrogens (tertiary/aromatic N) is 4. The number of hydrogen-bond acceptors (Lipinski definition) is 5. The maximum atomic E-state index is 12.5. The molecule has 0 aliphatic carbocycles. The number of para-hydroxylation sites is 1. The lowest BCUT2D eigenvalue weighted by Crippen LogP contribution is -2.21. The number of rotatable bonds is 5. The Labute approximate surface area is 146 Å². The molecule has 0 atom stereocenters. The van der Waals surface area contributed by atoms with Gasteiger partial charge in [0.1, 0.15) is 5.69 Å². The Balaban J connectivity index is 1.81. The first-order valence-corrected chi connectivity index (χ1v) is 8.02. The van der Waals surface area contributed by atoms with Gasteiger partial charge in [-0.25, -0.2) is 4.98 Å². The van der Waals surface area contributed by atoms with E-state index in [1.54, 1.807) is 6.20 Å². The zero-order chi connectivity index (χ0) is 18.0.